The number of likely N-dealkylation sites (N-methyl/N-ethyl adjacent to an activating group) is 1. The highest BCUT2D eigenvalue weighted by molar-refractivity contribution is 5.95. The second-order valence-electron chi connectivity index (χ2n) is 8.26. The molecular formula is C24H28N4O3. The standard InChI is InChI=1S/C24H28N4O3/c1-26(2)14-22(30)28-20(13-25)23(21(28)15-29)19-11-6-5-10-18(19)16-8-7-9-17(12-16)24(31)27(3)4/h5-12,20-21,23,29H,14-15H2,1-4H3/t20-,21-,23-/m1/s1. The van der Waals surface area contributed by atoms with Crippen LogP contribution in [0.1, 0.15) is 21.8 Å². The van der Waals surface area contributed by atoms with E-state index in [0.717, 1.165) is 16.7 Å². The van der Waals surface area contributed by atoms with Gasteiger partial charge in [0, 0.05) is 25.6 Å². The molecule has 1 saturated heterocycles. The van der Waals surface area contributed by atoms with Crippen molar-refractivity contribution in [1.82, 2.24) is 14.7 Å². The van der Waals surface area contributed by atoms with Crippen LogP contribution in [-0.4, -0.2) is 85.0 Å². The van der Waals surface area contributed by atoms with Gasteiger partial charge in [-0.15, -0.1) is 0 Å². The second kappa shape index (κ2) is 9.29. The maximum Gasteiger partial charge on any atom is 0.253 e. The predicted molar refractivity (Wildman–Crippen MR) is 118 cm³/mol. The Morgan fingerprint density at radius 1 is 1.10 bits per heavy atom. The lowest BCUT2D eigenvalue weighted by Gasteiger charge is -2.52. The fraction of sp³-hybridized carbons (Fsp3) is 0.375. The number of hydrogen-bond donors (Lipinski definition) is 1. The minimum Gasteiger partial charge on any atom is -0.394 e. The SMILES string of the molecule is CN(C)CC(=O)N1[C@H](C#N)[C@@H](c2ccccc2-c2cccc(C(=O)N(C)C)c2)[C@H]1CO. The van der Waals surface area contributed by atoms with Crippen molar-refractivity contribution in [3.05, 3.63) is 59.7 Å². The number of likely N-dealkylation sites (tertiary alicyclic amines) is 1. The highest BCUT2D eigenvalue weighted by atomic mass is 16.3. The van der Waals surface area contributed by atoms with Crippen LogP contribution in [0, 0.1) is 11.3 Å². The van der Waals surface area contributed by atoms with Gasteiger partial charge in [0.15, 0.2) is 0 Å². The molecule has 1 fully saturated rings. The lowest BCUT2D eigenvalue weighted by molar-refractivity contribution is -0.147. The summed E-state index contributed by atoms with van der Waals surface area (Å²) >= 11 is 0. The van der Waals surface area contributed by atoms with Gasteiger partial charge in [0.2, 0.25) is 5.91 Å². The van der Waals surface area contributed by atoms with Gasteiger partial charge in [-0.3, -0.25) is 9.59 Å². The van der Waals surface area contributed by atoms with Crippen molar-refractivity contribution in [3.63, 3.8) is 0 Å². The molecule has 0 aliphatic carbocycles. The van der Waals surface area contributed by atoms with Crippen LogP contribution < -0.4 is 0 Å². The normalized spacial score (nSPS) is 20.2. The third-order valence-electron chi connectivity index (χ3n) is 5.62. The van der Waals surface area contributed by atoms with Gasteiger partial charge in [0.25, 0.3) is 5.91 Å². The molecule has 0 unspecified atom stereocenters. The molecule has 0 bridgehead atoms. The number of nitriles is 1. The molecule has 31 heavy (non-hydrogen) atoms. The number of benzene rings is 2. The summed E-state index contributed by atoms with van der Waals surface area (Å²) in [4.78, 5) is 29.9. The Hall–Kier alpha value is -3.21. The lowest BCUT2D eigenvalue weighted by atomic mass is 9.73. The third kappa shape index (κ3) is 4.31. The Bertz CT molecular complexity index is 1010. The maximum atomic E-state index is 12.7. The van der Waals surface area contributed by atoms with Crippen molar-refractivity contribution >= 4 is 11.8 Å². The van der Waals surface area contributed by atoms with Gasteiger partial charge in [0.1, 0.15) is 6.04 Å². The van der Waals surface area contributed by atoms with Crippen molar-refractivity contribution in [2.75, 3.05) is 41.3 Å². The monoisotopic (exact) mass is 420 g/mol. The number of amides is 2. The van der Waals surface area contributed by atoms with Gasteiger partial charge >= 0.3 is 0 Å². The summed E-state index contributed by atoms with van der Waals surface area (Å²) in [5.41, 5.74) is 3.20. The highest BCUT2D eigenvalue weighted by Crippen LogP contribution is 2.44. The molecule has 2 aromatic rings. The lowest BCUT2D eigenvalue weighted by Crippen LogP contribution is -2.66. The van der Waals surface area contributed by atoms with Crippen LogP contribution in [0.3, 0.4) is 0 Å². The Labute approximate surface area is 183 Å². The van der Waals surface area contributed by atoms with Crippen molar-refractivity contribution < 1.29 is 14.7 Å². The zero-order valence-corrected chi connectivity index (χ0v) is 18.3. The molecule has 1 N–H and O–H groups in total. The maximum absolute atomic E-state index is 12.7. The largest absolute Gasteiger partial charge is 0.394 e. The van der Waals surface area contributed by atoms with E-state index in [4.69, 9.17) is 0 Å². The minimum absolute atomic E-state index is 0.0911. The molecule has 1 heterocycles. The molecule has 0 radical (unpaired) electrons. The summed E-state index contributed by atoms with van der Waals surface area (Å²) in [7, 11) is 7.00. The van der Waals surface area contributed by atoms with Crippen LogP contribution in [0.5, 0.6) is 0 Å². The number of aliphatic hydroxyl groups is 1. The van der Waals surface area contributed by atoms with Crippen LogP contribution in [0.15, 0.2) is 48.5 Å². The zero-order valence-electron chi connectivity index (χ0n) is 18.3. The summed E-state index contributed by atoms with van der Waals surface area (Å²) in [5, 5.41) is 19.9. The fourth-order valence-electron chi connectivity index (χ4n) is 4.20. The average Bonchev–Trinajstić information content (AvgIpc) is 2.73. The third-order valence-corrected chi connectivity index (χ3v) is 5.62. The van der Waals surface area contributed by atoms with E-state index in [1.807, 2.05) is 42.5 Å². The Morgan fingerprint density at radius 2 is 1.81 bits per heavy atom. The average molecular weight is 421 g/mol. The molecule has 7 heteroatoms. The van der Waals surface area contributed by atoms with Crippen LogP contribution in [0.4, 0.5) is 0 Å². The van der Waals surface area contributed by atoms with Gasteiger partial charge in [-0.25, -0.2) is 0 Å². The number of nitrogens with zero attached hydrogens (tertiary/aromatic N) is 4. The van der Waals surface area contributed by atoms with Gasteiger partial charge in [-0.2, -0.15) is 5.26 Å². The van der Waals surface area contributed by atoms with Crippen molar-refractivity contribution in [2.24, 2.45) is 0 Å². The van der Waals surface area contributed by atoms with Crippen LogP contribution in [0.2, 0.25) is 0 Å². The first-order valence-corrected chi connectivity index (χ1v) is 10.2. The minimum atomic E-state index is -0.655. The molecule has 0 spiro atoms. The Kier molecular flexibility index (Phi) is 6.74. The zero-order chi connectivity index (χ0) is 22.7. The quantitative estimate of drug-likeness (QED) is 0.770. The fourth-order valence-corrected chi connectivity index (χ4v) is 4.20. The van der Waals surface area contributed by atoms with E-state index in [1.54, 1.807) is 39.2 Å². The smallest absolute Gasteiger partial charge is 0.253 e. The van der Waals surface area contributed by atoms with Gasteiger partial charge < -0.3 is 19.8 Å². The molecule has 1 aliphatic heterocycles. The first-order chi connectivity index (χ1) is 14.8. The number of carbonyl (C=O) groups excluding carboxylic acids is 2. The van der Waals surface area contributed by atoms with Crippen LogP contribution in [-0.2, 0) is 4.79 Å². The first kappa shape index (κ1) is 22.5. The highest BCUT2D eigenvalue weighted by Gasteiger charge is 2.52. The molecule has 2 amide bonds. The number of aliphatic hydroxyl groups excluding tert-OH is 1. The summed E-state index contributed by atoms with van der Waals surface area (Å²) in [6, 6.07) is 16.2. The topological polar surface area (TPSA) is 87.9 Å². The van der Waals surface area contributed by atoms with Crippen molar-refractivity contribution in [2.45, 2.75) is 18.0 Å². The van der Waals surface area contributed by atoms with Crippen molar-refractivity contribution in [1.29, 1.82) is 5.26 Å². The van der Waals surface area contributed by atoms with Crippen LogP contribution in [0.25, 0.3) is 11.1 Å². The molecule has 3 rings (SSSR count). The number of carbonyl (C=O) groups is 2. The van der Waals surface area contributed by atoms with E-state index in [0.29, 0.717) is 5.56 Å². The predicted octanol–water partition coefficient (Wildman–Crippen LogP) is 1.80. The molecule has 1 aliphatic rings. The van der Waals surface area contributed by atoms with E-state index >= 15 is 0 Å². The number of hydrogen-bond acceptors (Lipinski definition) is 5. The van der Waals surface area contributed by atoms with Gasteiger partial charge in [-0.1, -0.05) is 36.4 Å². The molecule has 2 aromatic carbocycles. The van der Waals surface area contributed by atoms with E-state index in [2.05, 4.69) is 6.07 Å². The summed E-state index contributed by atoms with van der Waals surface area (Å²) < 4.78 is 0. The summed E-state index contributed by atoms with van der Waals surface area (Å²) in [5.74, 6) is -0.583. The van der Waals surface area contributed by atoms with E-state index in [1.165, 1.54) is 9.80 Å². The number of rotatable bonds is 6. The van der Waals surface area contributed by atoms with Crippen molar-refractivity contribution in [3.8, 4) is 17.2 Å². The van der Waals surface area contributed by atoms with Gasteiger partial charge in [0.05, 0.1) is 25.3 Å². The van der Waals surface area contributed by atoms with E-state index in [-0.39, 0.29) is 30.9 Å². The first-order valence-electron chi connectivity index (χ1n) is 10.2. The molecule has 162 valence electrons. The summed E-state index contributed by atoms with van der Waals surface area (Å²) in [6.07, 6.45) is 0. The Balaban J connectivity index is 2.01. The van der Waals surface area contributed by atoms with Crippen LogP contribution >= 0.6 is 0 Å². The Morgan fingerprint density at radius 3 is 2.42 bits per heavy atom. The molecule has 7 nitrogen and oxygen atoms in total. The molecule has 0 aromatic heterocycles. The van der Waals surface area contributed by atoms with E-state index in [9.17, 15) is 20.0 Å². The molecule has 0 saturated carbocycles. The summed E-state index contributed by atoms with van der Waals surface area (Å²) in [6.45, 7) is -0.0484. The van der Waals surface area contributed by atoms with E-state index < -0.39 is 12.1 Å². The van der Waals surface area contributed by atoms with Gasteiger partial charge in [-0.05, 0) is 42.9 Å². The second-order valence-corrected chi connectivity index (χ2v) is 8.26. The molecule has 3 atom stereocenters. The molecular weight excluding hydrogens is 392 g/mol.